The van der Waals surface area contributed by atoms with Crippen molar-refractivity contribution in [2.45, 2.75) is 51.1 Å². The number of rotatable bonds is 8. The monoisotopic (exact) mass is 487 g/mol. The molecule has 1 saturated heterocycles. The van der Waals surface area contributed by atoms with E-state index in [9.17, 15) is 26.7 Å². The summed E-state index contributed by atoms with van der Waals surface area (Å²) in [6.45, 7) is -5.44. The van der Waals surface area contributed by atoms with Gasteiger partial charge in [-0.2, -0.15) is 17.6 Å². The van der Waals surface area contributed by atoms with Gasteiger partial charge in [-0.15, -0.1) is 0 Å². The normalized spacial score (nSPS) is 20.1. The van der Waals surface area contributed by atoms with Gasteiger partial charge in [0.2, 0.25) is 0 Å². The maximum absolute atomic E-state index is 15.6. The molecule has 0 saturated carbocycles. The molecule has 0 aromatic heterocycles. The number of piperidine rings is 1. The van der Waals surface area contributed by atoms with Crippen LogP contribution in [0.25, 0.3) is 0 Å². The minimum absolute atomic E-state index is 0.0443. The fourth-order valence-corrected chi connectivity index (χ4v) is 4.74. The summed E-state index contributed by atoms with van der Waals surface area (Å²) in [6, 6.07) is 8.43. The molecule has 1 unspecified atom stereocenters. The lowest BCUT2D eigenvalue weighted by Crippen LogP contribution is -2.43. The first-order valence-corrected chi connectivity index (χ1v) is 10.9. The van der Waals surface area contributed by atoms with Gasteiger partial charge in [-0.05, 0) is 49.4 Å². The van der Waals surface area contributed by atoms with Gasteiger partial charge >= 0.3 is 13.2 Å². The van der Waals surface area contributed by atoms with Crippen LogP contribution in [0.5, 0.6) is 11.5 Å². The van der Waals surface area contributed by atoms with Crippen molar-refractivity contribution in [1.82, 2.24) is 4.90 Å². The van der Waals surface area contributed by atoms with Crippen molar-refractivity contribution in [3.8, 4) is 11.5 Å². The van der Waals surface area contributed by atoms with Crippen molar-refractivity contribution in [3.05, 3.63) is 58.9 Å². The van der Waals surface area contributed by atoms with E-state index in [-0.39, 0.29) is 37.1 Å². The summed E-state index contributed by atoms with van der Waals surface area (Å²) in [5.74, 6) is -2.78. The SMILES string of the molecule is O=C1c2cc(OC(F)F)c(OC(F)F)cc2CC1CC1(F)CCN(Cc2ccccc2F)CC1. The van der Waals surface area contributed by atoms with Crippen molar-refractivity contribution < 1.29 is 40.6 Å². The average molecular weight is 487 g/mol. The lowest BCUT2D eigenvalue weighted by Gasteiger charge is -2.37. The van der Waals surface area contributed by atoms with Crippen LogP contribution in [-0.2, 0) is 13.0 Å². The second-order valence-corrected chi connectivity index (χ2v) is 8.70. The van der Waals surface area contributed by atoms with Crippen LogP contribution in [0.4, 0.5) is 26.3 Å². The molecule has 4 nitrogen and oxygen atoms in total. The molecule has 1 aliphatic heterocycles. The van der Waals surface area contributed by atoms with Crippen molar-refractivity contribution >= 4 is 5.78 Å². The number of carbonyl (C=O) groups excluding carboxylic acids is 1. The zero-order chi connectivity index (χ0) is 24.5. The Kier molecular flexibility index (Phi) is 7.06. The number of hydrogen-bond acceptors (Lipinski definition) is 4. The largest absolute Gasteiger partial charge is 0.431 e. The van der Waals surface area contributed by atoms with Crippen LogP contribution in [0.3, 0.4) is 0 Å². The third-order valence-electron chi connectivity index (χ3n) is 6.42. The Morgan fingerprint density at radius 3 is 2.24 bits per heavy atom. The number of alkyl halides is 5. The van der Waals surface area contributed by atoms with Crippen LogP contribution in [0, 0.1) is 11.7 Å². The number of ether oxygens (including phenoxy) is 2. The molecule has 1 atom stereocenters. The third kappa shape index (κ3) is 5.48. The van der Waals surface area contributed by atoms with Crippen molar-refractivity contribution in [1.29, 1.82) is 0 Å². The molecule has 1 fully saturated rings. The minimum Gasteiger partial charge on any atom is -0.431 e. The Balaban J connectivity index is 1.42. The highest BCUT2D eigenvalue weighted by Gasteiger charge is 2.42. The van der Waals surface area contributed by atoms with Crippen molar-refractivity contribution in [3.63, 3.8) is 0 Å². The molecule has 184 valence electrons. The average Bonchev–Trinajstić information content (AvgIpc) is 3.05. The van der Waals surface area contributed by atoms with Gasteiger partial charge in [-0.1, -0.05) is 18.2 Å². The summed E-state index contributed by atoms with van der Waals surface area (Å²) in [4.78, 5) is 14.8. The van der Waals surface area contributed by atoms with Gasteiger partial charge in [-0.3, -0.25) is 9.69 Å². The van der Waals surface area contributed by atoms with E-state index in [4.69, 9.17) is 0 Å². The number of fused-ring (bicyclic) bond motifs is 1. The highest BCUT2D eigenvalue weighted by Crippen LogP contribution is 2.42. The number of benzene rings is 2. The number of likely N-dealkylation sites (tertiary alicyclic amines) is 1. The Bertz CT molecular complexity index is 1040. The molecule has 10 heteroatoms. The quantitative estimate of drug-likeness (QED) is 0.443. The number of halogens is 6. The van der Waals surface area contributed by atoms with Crippen LogP contribution < -0.4 is 9.47 Å². The van der Waals surface area contributed by atoms with E-state index in [0.717, 1.165) is 12.1 Å². The van der Waals surface area contributed by atoms with Crippen LogP contribution in [-0.4, -0.2) is 42.7 Å². The van der Waals surface area contributed by atoms with Gasteiger partial charge in [0.15, 0.2) is 17.3 Å². The van der Waals surface area contributed by atoms with E-state index in [2.05, 4.69) is 9.47 Å². The van der Waals surface area contributed by atoms with Gasteiger partial charge in [0.25, 0.3) is 0 Å². The van der Waals surface area contributed by atoms with Gasteiger partial charge in [0.1, 0.15) is 11.5 Å². The van der Waals surface area contributed by atoms with Crippen LogP contribution in [0.2, 0.25) is 0 Å². The molecule has 1 heterocycles. The highest BCUT2D eigenvalue weighted by atomic mass is 19.3. The number of Topliss-reactive ketones (excluding diaryl/α,β-unsaturated/α-hetero) is 1. The van der Waals surface area contributed by atoms with Crippen molar-refractivity contribution in [2.75, 3.05) is 13.1 Å². The molecular formula is C24H23F6NO3. The van der Waals surface area contributed by atoms with Crippen LogP contribution in [0.1, 0.15) is 40.7 Å². The Morgan fingerprint density at radius 2 is 1.62 bits per heavy atom. The first kappa shape index (κ1) is 24.4. The van der Waals surface area contributed by atoms with Gasteiger partial charge < -0.3 is 9.47 Å². The predicted octanol–water partition coefficient (Wildman–Crippen LogP) is 5.78. The van der Waals surface area contributed by atoms with Crippen LogP contribution >= 0.6 is 0 Å². The first-order chi connectivity index (χ1) is 16.1. The predicted molar refractivity (Wildman–Crippen MR) is 111 cm³/mol. The zero-order valence-corrected chi connectivity index (χ0v) is 18.1. The molecule has 0 bridgehead atoms. The molecule has 2 aromatic carbocycles. The minimum atomic E-state index is -3.30. The molecule has 4 rings (SSSR count). The second-order valence-electron chi connectivity index (χ2n) is 8.70. The molecule has 0 spiro atoms. The summed E-state index contributed by atoms with van der Waals surface area (Å²) in [6.07, 6.45) is 0.319. The van der Waals surface area contributed by atoms with E-state index >= 15 is 4.39 Å². The van der Waals surface area contributed by atoms with Gasteiger partial charge in [0, 0.05) is 36.7 Å². The van der Waals surface area contributed by atoms with Gasteiger partial charge in [-0.25, -0.2) is 8.78 Å². The Labute approximate surface area is 192 Å². The number of ketones is 1. The lowest BCUT2D eigenvalue weighted by molar-refractivity contribution is -0.0692. The summed E-state index contributed by atoms with van der Waals surface area (Å²) < 4.78 is 88.8. The Hall–Kier alpha value is -2.75. The van der Waals surface area contributed by atoms with Gasteiger partial charge in [0.05, 0.1) is 0 Å². The number of nitrogens with zero attached hydrogens (tertiary/aromatic N) is 1. The van der Waals surface area contributed by atoms with Crippen LogP contribution in [0.15, 0.2) is 36.4 Å². The smallest absolute Gasteiger partial charge is 0.387 e. The molecule has 0 radical (unpaired) electrons. The maximum atomic E-state index is 15.6. The second kappa shape index (κ2) is 9.85. The number of hydrogen-bond donors (Lipinski definition) is 0. The standard InChI is InChI=1S/C24H23F6NO3/c25-18-4-2-1-3-14(18)13-31-7-5-24(30,6-8-31)12-16-9-15-10-19(33-22(26)27)20(34-23(28)29)11-17(15)21(16)32/h1-4,10-11,16,22-23H,5-9,12-13H2. The lowest BCUT2D eigenvalue weighted by atomic mass is 9.82. The fourth-order valence-electron chi connectivity index (χ4n) is 4.74. The number of carbonyl (C=O) groups is 1. The fraction of sp³-hybridized carbons (Fsp3) is 0.458. The molecular weight excluding hydrogens is 464 g/mol. The van der Waals surface area contributed by atoms with E-state index in [1.165, 1.54) is 6.07 Å². The summed E-state index contributed by atoms with van der Waals surface area (Å²) in [5.41, 5.74) is -0.728. The van der Waals surface area contributed by atoms with E-state index < -0.39 is 42.1 Å². The molecule has 2 aromatic rings. The molecule has 0 amide bonds. The van der Waals surface area contributed by atoms with E-state index in [1.807, 2.05) is 4.90 Å². The van der Waals surface area contributed by atoms with E-state index in [0.29, 0.717) is 30.8 Å². The van der Waals surface area contributed by atoms with E-state index in [1.54, 1.807) is 18.2 Å². The summed E-state index contributed by atoms with van der Waals surface area (Å²) >= 11 is 0. The summed E-state index contributed by atoms with van der Waals surface area (Å²) in [5, 5.41) is 0. The molecule has 0 N–H and O–H groups in total. The highest BCUT2D eigenvalue weighted by molar-refractivity contribution is 6.03. The summed E-state index contributed by atoms with van der Waals surface area (Å²) in [7, 11) is 0. The maximum Gasteiger partial charge on any atom is 0.387 e. The Morgan fingerprint density at radius 1 is 1.00 bits per heavy atom. The molecule has 2 aliphatic rings. The third-order valence-corrected chi connectivity index (χ3v) is 6.42. The molecule has 1 aliphatic carbocycles. The first-order valence-electron chi connectivity index (χ1n) is 10.9. The van der Waals surface area contributed by atoms with Crippen molar-refractivity contribution in [2.24, 2.45) is 5.92 Å². The zero-order valence-electron chi connectivity index (χ0n) is 18.1. The topological polar surface area (TPSA) is 38.8 Å². The molecule has 34 heavy (non-hydrogen) atoms.